The Morgan fingerprint density at radius 1 is 1.28 bits per heavy atom. The van der Waals surface area contributed by atoms with E-state index >= 15 is 0 Å². The van der Waals surface area contributed by atoms with Gasteiger partial charge in [0.2, 0.25) is 0 Å². The van der Waals surface area contributed by atoms with E-state index in [4.69, 9.17) is 5.11 Å². The Kier molecular flexibility index (Phi) is 6.61. The average Bonchev–Trinajstić information content (AvgIpc) is 2.73. The molecule has 1 aliphatic rings. The van der Waals surface area contributed by atoms with Crippen LogP contribution in [0.25, 0.3) is 0 Å². The lowest BCUT2D eigenvalue weighted by Gasteiger charge is -2.21. The highest BCUT2D eigenvalue weighted by molar-refractivity contribution is 8.03. The molecule has 2 nitrogen and oxygen atoms in total. The molecule has 0 atom stereocenters. The maximum Gasteiger partial charge on any atom is 0.0684 e. The van der Waals surface area contributed by atoms with Crippen LogP contribution in [0.1, 0.15) is 25.3 Å². The van der Waals surface area contributed by atoms with Gasteiger partial charge < -0.3 is 10.0 Å². The molecule has 1 aliphatic heterocycles. The summed E-state index contributed by atoms with van der Waals surface area (Å²) >= 11 is 1.87. The van der Waals surface area contributed by atoms with Crippen LogP contribution in [0.2, 0.25) is 0 Å². The molecule has 0 fully saturated rings. The second-order valence-corrected chi connectivity index (χ2v) is 5.19. The predicted molar refractivity (Wildman–Crippen MR) is 80.7 cm³/mol. The maximum absolute atomic E-state index is 9.05. The van der Waals surface area contributed by atoms with Gasteiger partial charge in [-0.3, -0.25) is 0 Å². The number of rotatable bonds is 5. The van der Waals surface area contributed by atoms with E-state index in [-0.39, 0.29) is 19.0 Å². The van der Waals surface area contributed by atoms with Crippen molar-refractivity contribution in [2.45, 2.75) is 26.3 Å². The van der Waals surface area contributed by atoms with E-state index in [1.54, 1.807) is 0 Å². The first-order valence-corrected chi connectivity index (χ1v) is 7.08. The number of thioether (sulfide) groups is 1. The van der Waals surface area contributed by atoms with Crippen LogP contribution in [-0.2, 0) is 6.54 Å². The molecule has 0 aliphatic carbocycles. The molecule has 4 heteroatoms. The molecule has 0 bridgehead atoms. The van der Waals surface area contributed by atoms with Crippen LogP contribution in [0.15, 0.2) is 40.9 Å². The first-order chi connectivity index (χ1) is 8.35. The Hall–Kier alpha value is -0.640. The number of hydrogen-bond donors (Lipinski definition) is 1. The van der Waals surface area contributed by atoms with E-state index in [9.17, 15) is 0 Å². The molecule has 0 spiro atoms. The quantitative estimate of drug-likeness (QED) is 0.894. The molecule has 1 heterocycles. The molecule has 2 rings (SSSR count). The van der Waals surface area contributed by atoms with Crippen LogP contribution in [0.3, 0.4) is 0 Å². The predicted octanol–water partition coefficient (Wildman–Crippen LogP) is 3.62. The molecular weight excluding hydrogens is 266 g/mol. The minimum Gasteiger partial charge on any atom is -0.396 e. The van der Waals surface area contributed by atoms with Gasteiger partial charge in [-0.05, 0) is 12.0 Å². The van der Waals surface area contributed by atoms with Crippen molar-refractivity contribution in [3.05, 3.63) is 46.5 Å². The summed E-state index contributed by atoms with van der Waals surface area (Å²) in [6.45, 7) is 3.42. The summed E-state index contributed by atoms with van der Waals surface area (Å²) in [5.74, 6) is 1.02. The van der Waals surface area contributed by atoms with E-state index in [2.05, 4.69) is 42.2 Å². The molecule has 1 aromatic carbocycles. The zero-order valence-corrected chi connectivity index (χ0v) is 12.3. The Balaban J connectivity index is 0.00000162. The molecule has 0 amide bonds. The molecule has 0 saturated carbocycles. The summed E-state index contributed by atoms with van der Waals surface area (Å²) in [5.41, 5.74) is 2.76. The number of halogens is 1. The maximum atomic E-state index is 9.05. The summed E-state index contributed by atoms with van der Waals surface area (Å²) < 4.78 is 0. The van der Waals surface area contributed by atoms with Crippen LogP contribution in [0.4, 0.5) is 0 Å². The molecule has 0 aromatic heterocycles. The summed E-state index contributed by atoms with van der Waals surface area (Å²) in [6.07, 6.45) is 1.86. The van der Waals surface area contributed by atoms with Crippen molar-refractivity contribution in [1.82, 2.24) is 4.90 Å². The van der Waals surface area contributed by atoms with E-state index in [1.165, 1.54) is 16.2 Å². The first kappa shape index (κ1) is 15.4. The van der Waals surface area contributed by atoms with Crippen molar-refractivity contribution in [3.63, 3.8) is 0 Å². The van der Waals surface area contributed by atoms with Gasteiger partial charge >= 0.3 is 0 Å². The van der Waals surface area contributed by atoms with Gasteiger partial charge in [0, 0.05) is 30.2 Å². The second-order valence-electron chi connectivity index (χ2n) is 4.15. The fraction of sp³-hybridized carbons (Fsp3) is 0.429. The highest BCUT2D eigenvalue weighted by Crippen LogP contribution is 2.36. The topological polar surface area (TPSA) is 23.5 Å². The molecule has 1 aromatic rings. The fourth-order valence-corrected chi connectivity index (χ4v) is 3.41. The smallest absolute Gasteiger partial charge is 0.0684 e. The Labute approximate surface area is 119 Å². The number of hydrogen-bond acceptors (Lipinski definition) is 3. The van der Waals surface area contributed by atoms with Gasteiger partial charge in [-0.15, -0.1) is 24.2 Å². The lowest BCUT2D eigenvalue weighted by atomic mass is 10.2. The van der Waals surface area contributed by atoms with Crippen molar-refractivity contribution in [2.24, 2.45) is 0 Å². The monoisotopic (exact) mass is 285 g/mol. The molecular formula is C14H20ClNOS. The lowest BCUT2D eigenvalue weighted by Crippen LogP contribution is -2.18. The Bertz CT molecular complexity index is 394. The molecule has 0 unspecified atom stereocenters. The average molecular weight is 286 g/mol. The third-order valence-electron chi connectivity index (χ3n) is 2.99. The fourth-order valence-electron chi connectivity index (χ4n) is 2.18. The normalized spacial score (nSPS) is 14.9. The van der Waals surface area contributed by atoms with Crippen LogP contribution in [0, 0.1) is 0 Å². The van der Waals surface area contributed by atoms with Gasteiger partial charge in [-0.2, -0.15) is 0 Å². The number of aliphatic hydroxyl groups is 1. The van der Waals surface area contributed by atoms with Gasteiger partial charge in [0.15, 0.2) is 0 Å². The zero-order valence-electron chi connectivity index (χ0n) is 10.6. The largest absolute Gasteiger partial charge is 0.396 e. The SMILES string of the molecule is CCC1=C(CCO)SCN1Cc1ccccc1.Cl. The standard InChI is InChI=1S/C14H19NOS.ClH/c1-2-13-14(8-9-16)17-11-15(13)10-12-6-4-3-5-7-12;/h3-7,16H,2,8-11H2,1H3;1H. The lowest BCUT2D eigenvalue weighted by molar-refractivity contribution is 0.300. The summed E-state index contributed by atoms with van der Waals surface area (Å²) in [6, 6.07) is 10.6. The van der Waals surface area contributed by atoms with Gasteiger partial charge in [0.25, 0.3) is 0 Å². The Morgan fingerprint density at radius 2 is 2.00 bits per heavy atom. The van der Waals surface area contributed by atoms with Gasteiger partial charge in [-0.1, -0.05) is 37.3 Å². The highest BCUT2D eigenvalue weighted by atomic mass is 35.5. The van der Waals surface area contributed by atoms with Crippen LogP contribution < -0.4 is 0 Å². The van der Waals surface area contributed by atoms with Crippen molar-refractivity contribution in [2.75, 3.05) is 12.5 Å². The van der Waals surface area contributed by atoms with Gasteiger partial charge in [0.1, 0.15) is 0 Å². The van der Waals surface area contributed by atoms with Crippen molar-refractivity contribution < 1.29 is 5.11 Å². The summed E-state index contributed by atoms with van der Waals surface area (Å²) in [7, 11) is 0. The van der Waals surface area contributed by atoms with Crippen molar-refractivity contribution in [1.29, 1.82) is 0 Å². The number of benzene rings is 1. The van der Waals surface area contributed by atoms with Crippen LogP contribution in [0.5, 0.6) is 0 Å². The highest BCUT2D eigenvalue weighted by Gasteiger charge is 2.21. The minimum absolute atomic E-state index is 0. The molecule has 1 N–H and O–H groups in total. The molecule has 18 heavy (non-hydrogen) atoms. The third-order valence-corrected chi connectivity index (χ3v) is 4.22. The third kappa shape index (κ3) is 3.67. The van der Waals surface area contributed by atoms with E-state index in [0.717, 1.165) is 25.3 Å². The molecule has 0 radical (unpaired) electrons. The van der Waals surface area contributed by atoms with Gasteiger partial charge in [0.05, 0.1) is 5.88 Å². The van der Waals surface area contributed by atoms with E-state index < -0.39 is 0 Å². The number of allylic oxidation sites excluding steroid dienone is 1. The van der Waals surface area contributed by atoms with E-state index in [0.29, 0.717) is 0 Å². The van der Waals surface area contributed by atoms with E-state index in [1.807, 2.05) is 11.8 Å². The van der Waals surface area contributed by atoms with Gasteiger partial charge in [-0.25, -0.2) is 0 Å². The molecule has 100 valence electrons. The van der Waals surface area contributed by atoms with Crippen LogP contribution >= 0.6 is 24.2 Å². The van der Waals surface area contributed by atoms with Crippen LogP contribution in [-0.4, -0.2) is 22.5 Å². The number of aliphatic hydroxyl groups excluding tert-OH is 1. The first-order valence-electron chi connectivity index (χ1n) is 6.09. The summed E-state index contributed by atoms with van der Waals surface area (Å²) in [4.78, 5) is 3.79. The zero-order chi connectivity index (χ0) is 12.1. The minimum atomic E-state index is 0. The Morgan fingerprint density at radius 3 is 2.61 bits per heavy atom. The van der Waals surface area contributed by atoms with Crippen molar-refractivity contribution in [3.8, 4) is 0 Å². The molecule has 0 saturated heterocycles. The van der Waals surface area contributed by atoms with Crippen molar-refractivity contribution >= 4 is 24.2 Å². The number of nitrogens with zero attached hydrogens (tertiary/aromatic N) is 1. The summed E-state index contributed by atoms with van der Waals surface area (Å²) in [5, 5.41) is 9.05. The second kappa shape index (κ2) is 7.72.